The molecule has 0 saturated heterocycles. The first kappa shape index (κ1) is 14.8. The van der Waals surface area contributed by atoms with Crippen molar-refractivity contribution < 1.29 is 9.94 Å². The van der Waals surface area contributed by atoms with Gasteiger partial charge in [0.15, 0.2) is 0 Å². The first-order chi connectivity index (χ1) is 11.2. The lowest BCUT2D eigenvalue weighted by Crippen LogP contribution is -2.05. The highest BCUT2D eigenvalue weighted by atomic mass is 16.6. The average Bonchev–Trinajstić information content (AvgIpc) is 2.89. The summed E-state index contributed by atoms with van der Waals surface area (Å²) in [7, 11) is 1.48. The molecule has 0 radical (unpaired) electrons. The van der Waals surface area contributed by atoms with Gasteiger partial charge < -0.3 is 9.94 Å². The molecule has 0 aliphatic carbocycles. The van der Waals surface area contributed by atoms with Crippen molar-refractivity contribution in [1.82, 2.24) is 9.78 Å². The van der Waals surface area contributed by atoms with Crippen molar-refractivity contribution in [2.45, 2.75) is 6.92 Å². The number of nitrogens with zero attached hydrogens (tertiary/aromatic N) is 3. The molecule has 0 aliphatic rings. The second kappa shape index (κ2) is 6.36. The molecule has 0 atom stereocenters. The maximum atomic E-state index is 10.7. The molecule has 3 rings (SSSR count). The lowest BCUT2D eigenvalue weighted by Gasteiger charge is -2.06. The zero-order chi connectivity index (χ0) is 16.2. The smallest absolute Gasteiger partial charge is 0.224 e. The SMILES string of the molecule is CO/N=C(\c1ccccc1)c1c(C)nn(-c2ccccc2)c1O. The van der Waals surface area contributed by atoms with Gasteiger partial charge in [-0.1, -0.05) is 53.7 Å². The van der Waals surface area contributed by atoms with Gasteiger partial charge in [0.05, 0.1) is 16.9 Å². The highest BCUT2D eigenvalue weighted by Crippen LogP contribution is 2.27. The molecule has 2 aromatic carbocycles. The van der Waals surface area contributed by atoms with Gasteiger partial charge in [-0.25, -0.2) is 4.68 Å². The van der Waals surface area contributed by atoms with Crippen LogP contribution in [0.4, 0.5) is 0 Å². The fourth-order valence-corrected chi connectivity index (χ4v) is 2.47. The van der Waals surface area contributed by atoms with Crippen molar-refractivity contribution in [3.63, 3.8) is 0 Å². The molecule has 0 fully saturated rings. The standard InChI is InChI=1S/C18H17N3O2/c1-13-16(17(20-23-2)14-9-5-3-6-10-14)18(22)21(19-13)15-11-7-4-8-12-15/h3-12,22H,1-2H3/b20-17+. The summed E-state index contributed by atoms with van der Waals surface area (Å²) in [5, 5.41) is 19.2. The van der Waals surface area contributed by atoms with E-state index in [1.807, 2.05) is 67.6 Å². The number of benzene rings is 2. The van der Waals surface area contributed by atoms with Crippen LogP contribution in [-0.4, -0.2) is 27.7 Å². The molecule has 0 bridgehead atoms. The number of oxime groups is 1. The summed E-state index contributed by atoms with van der Waals surface area (Å²) in [6.07, 6.45) is 0. The van der Waals surface area contributed by atoms with Crippen LogP contribution in [0.1, 0.15) is 16.8 Å². The largest absolute Gasteiger partial charge is 0.493 e. The third-order valence-corrected chi connectivity index (χ3v) is 3.50. The molecule has 0 unspecified atom stereocenters. The zero-order valence-corrected chi connectivity index (χ0v) is 13.0. The average molecular weight is 307 g/mol. The third-order valence-electron chi connectivity index (χ3n) is 3.50. The Balaban J connectivity index is 2.16. The molecule has 0 aliphatic heterocycles. The van der Waals surface area contributed by atoms with E-state index in [9.17, 15) is 5.11 Å². The Morgan fingerprint density at radius 2 is 1.65 bits per heavy atom. The lowest BCUT2D eigenvalue weighted by atomic mass is 10.0. The minimum Gasteiger partial charge on any atom is -0.493 e. The third kappa shape index (κ3) is 2.81. The van der Waals surface area contributed by atoms with Crippen molar-refractivity contribution in [2.24, 2.45) is 5.16 Å². The molecule has 0 saturated carbocycles. The Morgan fingerprint density at radius 1 is 1.04 bits per heavy atom. The topological polar surface area (TPSA) is 59.6 Å². The Labute approximate surface area is 134 Å². The van der Waals surface area contributed by atoms with Crippen LogP contribution in [0.2, 0.25) is 0 Å². The number of rotatable bonds is 4. The van der Waals surface area contributed by atoms with Crippen LogP contribution in [-0.2, 0) is 4.84 Å². The predicted octanol–water partition coefficient (Wildman–Crippen LogP) is 3.29. The first-order valence-electron chi connectivity index (χ1n) is 7.23. The van der Waals surface area contributed by atoms with Crippen molar-refractivity contribution in [2.75, 3.05) is 7.11 Å². The predicted molar refractivity (Wildman–Crippen MR) is 89.1 cm³/mol. The number of hydrogen-bond donors (Lipinski definition) is 1. The van der Waals surface area contributed by atoms with E-state index in [-0.39, 0.29) is 5.88 Å². The molecular weight excluding hydrogens is 290 g/mol. The van der Waals surface area contributed by atoms with Crippen LogP contribution in [0.3, 0.4) is 0 Å². The molecule has 1 heterocycles. The van der Waals surface area contributed by atoms with E-state index in [1.54, 1.807) is 0 Å². The summed E-state index contributed by atoms with van der Waals surface area (Å²) in [5.41, 5.74) is 3.41. The number of aromatic nitrogens is 2. The van der Waals surface area contributed by atoms with Gasteiger partial charge in [0.1, 0.15) is 12.8 Å². The van der Waals surface area contributed by atoms with E-state index >= 15 is 0 Å². The van der Waals surface area contributed by atoms with E-state index in [0.29, 0.717) is 17.0 Å². The van der Waals surface area contributed by atoms with Crippen LogP contribution < -0.4 is 0 Å². The van der Waals surface area contributed by atoms with Gasteiger partial charge >= 0.3 is 0 Å². The van der Waals surface area contributed by atoms with Crippen LogP contribution in [0.15, 0.2) is 65.8 Å². The van der Waals surface area contributed by atoms with Crippen molar-refractivity contribution in [3.05, 3.63) is 77.5 Å². The van der Waals surface area contributed by atoms with Crippen LogP contribution >= 0.6 is 0 Å². The summed E-state index contributed by atoms with van der Waals surface area (Å²) in [4.78, 5) is 4.98. The summed E-state index contributed by atoms with van der Waals surface area (Å²) in [6, 6.07) is 19.0. The number of aromatic hydroxyl groups is 1. The zero-order valence-electron chi connectivity index (χ0n) is 13.0. The normalized spacial score (nSPS) is 11.5. The van der Waals surface area contributed by atoms with E-state index in [0.717, 1.165) is 11.3 Å². The Kier molecular flexibility index (Phi) is 4.10. The lowest BCUT2D eigenvalue weighted by molar-refractivity contribution is 0.214. The van der Waals surface area contributed by atoms with Crippen LogP contribution in [0, 0.1) is 6.92 Å². The summed E-state index contributed by atoms with van der Waals surface area (Å²) >= 11 is 0. The quantitative estimate of drug-likeness (QED) is 0.594. The number of aryl methyl sites for hydroxylation is 1. The Bertz CT molecular complexity index is 824. The molecule has 116 valence electrons. The van der Waals surface area contributed by atoms with Gasteiger partial charge in [-0.05, 0) is 19.1 Å². The van der Waals surface area contributed by atoms with E-state index in [4.69, 9.17) is 4.84 Å². The first-order valence-corrected chi connectivity index (χ1v) is 7.23. The second-order valence-electron chi connectivity index (χ2n) is 5.02. The molecule has 23 heavy (non-hydrogen) atoms. The molecule has 1 N–H and O–H groups in total. The van der Waals surface area contributed by atoms with Gasteiger partial charge in [-0.3, -0.25) is 0 Å². The van der Waals surface area contributed by atoms with Gasteiger partial charge in [0.25, 0.3) is 0 Å². The molecule has 0 amide bonds. The summed E-state index contributed by atoms with van der Waals surface area (Å²) < 4.78 is 1.50. The van der Waals surface area contributed by atoms with Gasteiger partial charge in [-0.2, -0.15) is 5.10 Å². The van der Waals surface area contributed by atoms with Crippen molar-refractivity contribution in [3.8, 4) is 11.6 Å². The minimum atomic E-state index is 0.0355. The summed E-state index contributed by atoms with van der Waals surface area (Å²) in [5.74, 6) is 0.0355. The van der Waals surface area contributed by atoms with E-state index in [1.165, 1.54) is 11.8 Å². The summed E-state index contributed by atoms with van der Waals surface area (Å²) in [6.45, 7) is 1.84. The molecular formula is C18H17N3O2. The van der Waals surface area contributed by atoms with Crippen LogP contribution in [0.25, 0.3) is 5.69 Å². The number of para-hydroxylation sites is 1. The maximum Gasteiger partial charge on any atom is 0.224 e. The van der Waals surface area contributed by atoms with Gasteiger partial charge in [-0.15, -0.1) is 0 Å². The van der Waals surface area contributed by atoms with Crippen LogP contribution in [0.5, 0.6) is 5.88 Å². The molecule has 0 spiro atoms. The molecule has 1 aromatic heterocycles. The highest BCUT2D eigenvalue weighted by molar-refractivity contribution is 6.14. The Hall–Kier alpha value is -3.08. The van der Waals surface area contributed by atoms with Crippen molar-refractivity contribution in [1.29, 1.82) is 0 Å². The molecule has 5 heteroatoms. The second-order valence-corrected chi connectivity index (χ2v) is 5.02. The minimum absolute atomic E-state index is 0.0355. The van der Waals surface area contributed by atoms with Gasteiger partial charge in [0, 0.05) is 5.56 Å². The van der Waals surface area contributed by atoms with E-state index < -0.39 is 0 Å². The maximum absolute atomic E-state index is 10.7. The van der Waals surface area contributed by atoms with Crippen molar-refractivity contribution >= 4 is 5.71 Å². The highest BCUT2D eigenvalue weighted by Gasteiger charge is 2.22. The fraction of sp³-hybridized carbons (Fsp3) is 0.111. The van der Waals surface area contributed by atoms with E-state index in [2.05, 4.69) is 10.3 Å². The molecule has 3 aromatic rings. The number of hydrogen-bond acceptors (Lipinski definition) is 4. The Morgan fingerprint density at radius 3 is 2.26 bits per heavy atom. The molecule has 5 nitrogen and oxygen atoms in total. The monoisotopic (exact) mass is 307 g/mol. The fourth-order valence-electron chi connectivity index (χ4n) is 2.47. The van der Waals surface area contributed by atoms with Gasteiger partial charge in [0.2, 0.25) is 5.88 Å².